The molecular formula is C37H41N3O12. The number of Topliss-reactive ketones (excluding diaryl/α,β-unsaturated/α-hetero) is 2. The molecule has 1 fully saturated rings. The predicted octanol–water partition coefficient (Wildman–Crippen LogP) is 3.04. The van der Waals surface area contributed by atoms with Crippen molar-refractivity contribution < 1.29 is 57.2 Å². The molecule has 2 bridgehead atoms. The van der Waals surface area contributed by atoms with Gasteiger partial charge < -0.3 is 28.4 Å². The number of ether oxygens (including phenoxy) is 6. The Morgan fingerprint density at radius 1 is 0.904 bits per heavy atom. The van der Waals surface area contributed by atoms with Crippen LogP contribution in [0, 0.1) is 18.3 Å². The van der Waals surface area contributed by atoms with Crippen LogP contribution in [-0.2, 0) is 43.0 Å². The fraction of sp³-hybridized carbons (Fsp3) is 0.486. The Hall–Kier alpha value is -5.33. The van der Waals surface area contributed by atoms with E-state index in [2.05, 4.69) is 6.07 Å². The van der Waals surface area contributed by atoms with Gasteiger partial charge in [-0.25, -0.2) is 4.79 Å². The highest BCUT2D eigenvalue weighted by Crippen LogP contribution is 2.60. The first kappa shape index (κ1) is 37.9. The molecule has 1 aromatic rings. The Balaban J connectivity index is 1.89. The van der Waals surface area contributed by atoms with Gasteiger partial charge in [-0.1, -0.05) is 6.08 Å². The maximum atomic E-state index is 14.2. The first-order valence-corrected chi connectivity index (χ1v) is 16.6. The molecule has 52 heavy (non-hydrogen) atoms. The van der Waals surface area contributed by atoms with E-state index in [0.717, 1.165) is 0 Å². The Morgan fingerprint density at radius 2 is 1.54 bits per heavy atom. The van der Waals surface area contributed by atoms with Crippen LogP contribution in [0.15, 0.2) is 34.1 Å². The topological polar surface area (TPSA) is 188 Å². The number of fused-ring (bicyclic) bond motifs is 6. The van der Waals surface area contributed by atoms with Gasteiger partial charge in [-0.2, -0.15) is 5.26 Å². The van der Waals surface area contributed by atoms with Gasteiger partial charge in [0, 0.05) is 65.8 Å². The molecule has 0 aromatic heterocycles. The van der Waals surface area contributed by atoms with Crippen LogP contribution in [0.25, 0.3) is 0 Å². The number of nitriles is 1. The smallest absolute Gasteiger partial charge is 0.333 e. The molecule has 0 spiro atoms. The lowest BCUT2D eigenvalue weighted by molar-refractivity contribution is -0.166. The van der Waals surface area contributed by atoms with Gasteiger partial charge in [0.05, 0.1) is 38.4 Å². The quantitative estimate of drug-likeness (QED) is 0.165. The van der Waals surface area contributed by atoms with Gasteiger partial charge in [0.1, 0.15) is 24.5 Å². The van der Waals surface area contributed by atoms with E-state index >= 15 is 0 Å². The van der Waals surface area contributed by atoms with Gasteiger partial charge in [-0.05, 0) is 41.2 Å². The van der Waals surface area contributed by atoms with Gasteiger partial charge in [0.25, 0.3) is 0 Å². The summed E-state index contributed by atoms with van der Waals surface area (Å²) in [4.78, 5) is 82.9. The van der Waals surface area contributed by atoms with Crippen molar-refractivity contribution in [2.75, 3.05) is 27.9 Å². The van der Waals surface area contributed by atoms with Crippen LogP contribution >= 0.6 is 0 Å². The number of esters is 4. The Kier molecular flexibility index (Phi) is 10.5. The van der Waals surface area contributed by atoms with Gasteiger partial charge in [-0.3, -0.25) is 33.8 Å². The lowest BCUT2D eigenvalue weighted by Crippen LogP contribution is -2.71. The molecule has 5 rings (SSSR count). The van der Waals surface area contributed by atoms with E-state index in [-0.39, 0.29) is 62.8 Å². The first-order valence-electron chi connectivity index (χ1n) is 16.6. The Bertz CT molecular complexity index is 1930. The van der Waals surface area contributed by atoms with Crippen LogP contribution in [0.4, 0.5) is 0 Å². The number of hydrogen-bond donors (Lipinski definition) is 0. The van der Waals surface area contributed by atoms with Crippen LogP contribution in [0.2, 0.25) is 0 Å². The molecule has 0 unspecified atom stereocenters. The molecule has 4 aliphatic rings. The molecule has 15 heteroatoms. The minimum absolute atomic E-state index is 0.00908. The number of allylic oxidation sites excluding steroid dienone is 3. The second-order valence-electron chi connectivity index (χ2n) is 13.0. The molecule has 1 saturated heterocycles. The van der Waals surface area contributed by atoms with Gasteiger partial charge in [-0.15, -0.1) is 0 Å². The number of rotatable bonds is 8. The zero-order valence-electron chi connectivity index (χ0n) is 30.7. The second-order valence-corrected chi connectivity index (χ2v) is 13.0. The fourth-order valence-electron chi connectivity index (χ4n) is 8.04. The number of benzene rings is 1. The van der Waals surface area contributed by atoms with Crippen molar-refractivity contribution >= 4 is 35.4 Å². The third-order valence-corrected chi connectivity index (χ3v) is 10.1. The van der Waals surface area contributed by atoms with Crippen molar-refractivity contribution in [3.63, 3.8) is 0 Å². The number of methoxy groups -OCH3 is 2. The van der Waals surface area contributed by atoms with E-state index in [1.165, 1.54) is 41.9 Å². The minimum Gasteiger partial charge on any atom is -0.492 e. The van der Waals surface area contributed by atoms with Crippen LogP contribution in [0.5, 0.6) is 17.2 Å². The lowest BCUT2D eigenvalue weighted by Gasteiger charge is -2.61. The predicted molar refractivity (Wildman–Crippen MR) is 180 cm³/mol. The molecule has 6 atom stereocenters. The molecule has 0 amide bonds. The molecule has 1 aliphatic carbocycles. The van der Waals surface area contributed by atoms with Crippen molar-refractivity contribution in [1.82, 2.24) is 9.80 Å². The number of piperazine rings is 1. The molecule has 3 aliphatic heterocycles. The van der Waals surface area contributed by atoms with Gasteiger partial charge >= 0.3 is 23.9 Å². The van der Waals surface area contributed by atoms with E-state index < -0.39 is 78.4 Å². The van der Waals surface area contributed by atoms with E-state index in [4.69, 9.17) is 28.4 Å². The summed E-state index contributed by atoms with van der Waals surface area (Å²) in [6, 6.07) is -2.72. The highest BCUT2D eigenvalue weighted by molar-refractivity contribution is 6.25. The molecule has 0 saturated carbocycles. The number of carbonyl (C=O) groups is 6. The van der Waals surface area contributed by atoms with E-state index in [1.807, 2.05) is 0 Å². The highest BCUT2D eigenvalue weighted by atomic mass is 16.6. The second kappa shape index (κ2) is 14.4. The maximum absolute atomic E-state index is 14.2. The van der Waals surface area contributed by atoms with Crippen molar-refractivity contribution in [3.8, 4) is 23.3 Å². The van der Waals surface area contributed by atoms with Crippen LogP contribution in [-0.4, -0.2) is 97.3 Å². The number of nitrogens with zero attached hydrogens (tertiary/aromatic N) is 3. The summed E-state index contributed by atoms with van der Waals surface area (Å²) in [7, 11) is 4.32. The number of ketones is 2. The average molecular weight is 720 g/mol. The van der Waals surface area contributed by atoms with Crippen LogP contribution in [0.3, 0.4) is 0 Å². The van der Waals surface area contributed by atoms with Crippen molar-refractivity contribution in [3.05, 3.63) is 50.8 Å². The van der Waals surface area contributed by atoms with E-state index in [0.29, 0.717) is 5.57 Å². The van der Waals surface area contributed by atoms with Gasteiger partial charge in [0.2, 0.25) is 5.78 Å². The molecule has 3 heterocycles. The van der Waals surface area contributed by atoms with Crippen molar-refractivity contribution in [1.29, 1.82) is 5.26 Å². The standard InChI is InChI=1S/C37H41N3O12/c1-11-15(2)37(46)49-14-24-25-21(30(44)16(3)33(47-9)31(25)45)12-22-28-26-27(35(51-19(6)42)29(39(28)8)23(13-38)40(22)24)32(50-18(5)41)17(4)34(48-10)36(26)52-20(7)43/h11,22-24,28-29,35H,12,14H2,1-10H3/b15-11-/t22-,23-,24-,28-,29+,35-/m0/s1. The number of hydrogen-bond acceptors (Lipinski definition) is 15. The fourth-order valence-corrected chi connectivity index (χ4v) is 8.04. The zero-order chi connectivity index (χ0) is 38.5. The lowest BCUT2D eigenvalue weighted by atomic mass is 9.68. The monoisotopic (exact) mass is 719 g/mol. The summed E-state index contributed by atoms with van der Waals surface area (Å²) < 4.78 is 34.5. The van der Waals surface area contributed by atoms with E-state index in [1.54, 1.807) is 43.7 Å². The van der Waals surface area contributed by atoms with Crippen LogP contribution in [0.1, 0.15) is 76.8 Å². The number of likely N-dealkylation sites (N-methyl/N-ethyl adjacent to an activating group) is 1. The summed E-state index contributed by atoms with van der Waals surface area (Å²) >= 11 is 0. The van der Waals surface area contributed by atoms with Crippen molar-refractivity contribution in [2.24, 2.45) is 0 Å². The summed E-state index contributed by atoms with van der Waals surface area (Å²) in [5, 5.41) is 11.0. The van der Waals surface area contributed by atoms with Crippen LogP contribution < -0.4 is 14.2 Å². The summed E-state index contributed by atoms with van der Waals surface area (Å²) in [5.41, 5.74) is 1.24. The molecular weight excluding hydrogens is 678 g/mol. The SMILES string of the molecule is C/C=C(/C)C(=O)OC[C@H]1C2=C(C[C@H]3[C@H]4c5c(OC(C)=O)c(OC)c(C)c(OC(C)=O)c5[C@H](OC(C)=O)[C@@H]([C@H](C#N)N13)N4C)C(=O)C(C)=C(OC)C2=O. The molecule has 0 N–H and O–H groups in total. The summed E-state index contributed by atoms with van der Waals surface area (Å²) in [6.45, 7) is 9.43. The van der Waals surface area contributed by atoms with Crippen molar-refractivity contribution in [2.45, 2.75) is 91.2 Å². The zero-order valence-corrected chi connectivity index (χ0v) is 30.7. The average Bonchev–Trinajstić information content (AvgIpc) is 3.08. The third-order valence-electron chi connectivity index (χ3n) is 10.1. The number of carbonyl (C=O) groups excluding carboxylic acids is 6. The Morgan fingerprint density at radius 3 is 2.08 bits per heavy atom. The largest absolute Gasteiger partial charge is 0.492 e. The summed E-state index contributed by atoms with van der Waals surface area (Å²) in [5.74, 6) is -4.03. The Labute approximate surface area is 300 Å². The third kappa shape index (κ3) is 5.95. The molecule has 15 nitrogen and oxygen atoms in total. The molecule has 0 radical (unpaired) electrons. The summed E-state index contributed by atoms with van der Waals surface area (Å²) in [6.07, 6.45) is 0.173. The highest BCUT2D eigenvalue weighted by Gasteiger charge is 2.62. The maximum Gasteiger partial charge on any atom is 0.333 e. The first-order chi connectivity index (χ1) is 24.5. The molecule has 1 aromatic carbocycles. The minimum atomic E-state index is -1.31. The normalized spacial score (nSPS) is 25.7. The molecule has 276 valence electrons. The van der Waals surface area contributed by atoms with E-state index in [9.17, 15) is 34.0 Å². The van der Waals surface area contributed by atoms with Gasteiger partial charge in [0.15, 0.2) is 23.0 Å².